The molecule has 1 N–H and O–H groups in total. The van der Waals surface area contributed by atoms with Crippen LogP contribution >= 0.6 is 15.9 Å². The van der Waals surface area contributed by atoms with Crippen molar-refractivity contribution in [3.8, 4) is 11.6 Å². The standard InChI is InChI=1S/C14H15BrFN3O/c1-3-6-17-13-9(2)14(19-8-18-13)20-12-5-4-10(16)7-11(12)15/h4-5,7-8H,3,6H2,1-2H3,(H,17,18,19). The van der Waals surface area contributed by atoms with Crippen LogP contribution in [0.5, 0.6) is 11.6 Å². The lowest BCUT2D eigenvalue weighted by Gasteiger charge is -2.12. The molecule has 0 fully saturated rings. The molecule has 0 aliphatic heterocycles. The lowest BCUT2D eigenvalue weighted by Crippen LogP contribution is -2.05. The Labute approximate surface area is 125 Å². The fourth-order valence-corrected chi connectivity index (χ4v) is 2.05. The molecule has 0 amide bonds. The van der Waals surface area contributed by atoms with Gasteiger partial charge < -0.3 is 10.1 Å². The van der Waals surface area contributed by atoms with E-state index < -0.39 is 0 Å². The number of nitrogens with one attached hydrogen (secondary N) is 1. The van der Waals surface area contributed by atoms with Crippen molar-refractivity contribution in [1.82, 2.24) is 9.97 Å². The van der Waals surface area contributed by atoms with Crippen molar-refractivity contribution < 1.29 is 9.13 Å². The largest absolute Gasteiger partial charge is 0.437 e. The van der Waals surface area contributed by atoms with Crippen molar-refractivity contribution in [2.75, 3.05) is 11.9 Å². The highest BCUT2D eigenvalue weighted by atomic mass is 79.9. The Morgan fingerprint density at radius 2 is 2.15 bits per heavy atom. The summed E-state index contributed by atoms with van der Waals surface area (Å²) in [5.41, 5.74) is 0.817. The summed E-state index contributed by atoms with van der Waals surface area (Å²) < 4.78 is 19.3. The summed E-state index contributed by atoms with van der Waals surface area (Å²) >= 11 is 3.27. The maximum absolute atomic E-state index is 13.0. The maximum atomic E-state index is 13.0. The Kier molecular flexibility index (Phi) is 4.89. The Morgan fingerprint density at radius 1 is 1.35 bits per heavy atom. The molecule has 0 saturated carbocycles. The molecule has 0 spiro atoms. The molecule has 6 heteroatoms. The molecule has 0 radical (unpaired) electrons. The van der Waals surface area contributed by atoms with Crippen molar-refractivity contribution in [3.63, 3.8) is 0 Å². The van der Waals surface area contributed by atoms with Crippen molar-refractivity contribution in [2.24, 2.45) is 0 Å². The van der Waals surface area contributed by atoms with E-state index in [0.717, 1.165) is 24.3 Å². The molecular formula is C14H15BrFN3O. The zero-order chi connectivity index (χ0) is 14.5. The average Bonchev–Trinajstić information content (AvgIpc) is 2.42. The van der Waals surface area contributed by atoms with Crippen molar-refractivity contribution in [2.45, 2.75) is 20.3 Å². The number of hydrogen-bond donors (Lipinski definition) is 1. The first-order valence-corrected chi connectivity index (χ1v) is 7.09. The van der Waals surface area contributed by atoms with Crippen molar-refractivity contribution in [3.05, 3.63) is 40.4 Å². The van der Waals surface area contributed by atoms with Gasteiger partial charge in [-0.05, 0) is 47.5 Å². The first kappa shape index (κ1) is 14.7. The minimum Gasteiger partial charge on any atom is -0.437 e. The lowest BCUT2D eigenvalue weighted by molar-refractivity contribution is 0.453. The maximum Gasteiger partial charge on any atom is 0.227 e. The molecule has 2 rings (SSSR count). The van der Waals surface area contributed by atoms with Crippen LogP contribution in [0.4, 0.5) is 10.2 Å². The van der Waals surface area contributed by atoms with Gasteiger partial charge in [-0.1, -0.05) is 6.92 Å². The molecule has 20 heavy (non-hydrogen) atoms. The molecular weight excluding hydrogens is 325 g/mol. The number of benzene rings is 1. The van der Waals surface area contributed by atoms with Gasteiger partial charge in [-0.15, -0.1) is 0 Å². The molecule has 1 aromatic heterocycles. The van der Waals surface area contributed by atoms with Crippen LogP contribution in [-0.4, -0.2) is 16.5 Å². The lowest BCUT2D eigenvalue weighted by atomic mass is 10.3. The van der Waals surface area contributed by atoms with Gasteiger partial charge in [-0.25, -0.2) is 14.4 Å². The van der Waals surface area contributed by atoms with Crippen LogP contribution in [0.25, 0.3) is 0 Å². The minimum absolute atomic E-state index is 0.325. The summed E-state index contributed by atoms with van der Waals surface area (Å²) in [6.45, 7) is 4.79. The Hall–Kier alpha value is -1.69. The monoisotopic (exact) mass is 339 g/mol. The first-order valence-electron chi connectivity index (χ1n) is 6.30. The summed E-state index contributed by atoms with van der Waals surface area (Å²) in [6, 6.07) is 4.25. The molecule has 1 heterocycles. The van der Waals surface area contributed by atoms with E-state index in [0.29, 0.717) is 16.1 Å². The van der Waals surface area contributed by atoms with E-state index >= 15 is 0 Å². The van der Waals surface area contributed by atoms with Gasteiger partial charge in [0.05, 0.1) is 10.0 Å². The zero-order valence-corrected chi connectivity index (χ0v) is 12.9. The number of rotatable bonds is 5. The van der Waals surface area contributed by atoms with Gasteiger partial charge in [-0.2, -0.15) is 0 Å². The van der Waals surface area contributed by atoms with E-state index in [4.69, 9.17) is 4.74 Å². The number of halogens is 2. The van der Waals surface area contributed by atoms with Crippen molar-refractivity contribution in [1.29, 1.82) is 0 Å². The van der Waals surface area contributed by atoms with Gasteiger partial charge in [-0.3, -0.25) is 0 Å². The van der Waals surface area contributed by atoms with E-state index in [1.54, 1.807) is 6.07 Å². The number of ether oxygens (including phenoxy) is 1. The number of aromatic nitrogens is 2. The van der Waals surface area contributed by atoms with E-state index in [1.807, 2.05) is 6.92 Å². The third kappa shape index (κ3) is 3.45. The molecule has 0 bridgehead atoms. The summed E-state index contributed by atoms with van der Waals surface area (Å²) in [5.74, 6) is 1.38. The van der Waals surface area contributed by atoms with E-state index in [2.05, 4.69) is 38.1 Å². The zero-order valence-electron chi connectivity index (χ0n) is 11.3. The second-order valence-electron chi connectivity index (χ2n) is 4.26. The fourth-order valence-electron chi connectivity index (χ4n) is 1.62. The summed E-state index contributed by atoms with van der Waals surface area (Å²) in [7, 11) is 0. The third-order valence-corrected chi connectivity index (χ3v) is 3.30. The molecule has 0 unspecified atom stereocenters. The summed E-state index contributed by atoms with van der Waals surface area (Å²) in [4.78, 5) is 8.30. The van der Waals surface area contributed by atoms with Crippen LogP contribution in [0.1, 0.15) is 18.9 Å². The molecule has 1 aromatic carbocycles. The van der Waals surface area contributed by atoms with Gasteiger partial charge in [0.15, 0.2) is 0 Å². The predicted octanol–water partition coefficient (Wildman–Crippen LogP) is 4.30. The van der Waals surface area contributed by atoms with Gasteiger partial charge in [0.25, 0.3) is 0 Å². The predicted molar refractivity (Wildman–Crippen MR) is 79.7 cm³/mol. The highest BCUT2D eigenvalue weighted by Gasteiger charge is 2.11. The van der Waals surface area contributed by atoms with Crippen LogP contribution in [0.2, 0.25) is 0 Å². The molecule has 106 valence electrons. The second-order valence-corrected chi connectivity index (χ2v) is 5.11. The molecule has 0 aliphatic rings. The smallest absolute Gasteiger partial charge is 0.227 e. The van der Waals surface area contributed by atoms with Gasteiger partial charge in [0.1, 0.15) is 23.7 Å². The summed E-state index contributed by atoms with van der Waals surface area (Å²) in [6.07, 6.45) is 2.45. The second kappa shape index (κ2) is 6.65. The normalized spacial score (nSPS) is 10.4. The molecule has 0 atom stereocenters. The average molecular weight is 340 g/mol. The van der Waals surface area contributed by atoms with E-state index in [9.17, 15) is 4.39 Å². The SMILES string of the molecule is CCCNc1ncnc(Oc2ccc(F)cc2Br)c1C. The highest BCUT2D eigenvalue weighted by Crippen LogP contribution is 2.31. The fraction of sp³-hybridized carbons (Fsp3) is 0.286. The van der Waals surface area contributed by atoms with Gasteiger partial charge in [0, 0.05) is 6.54 Å². The molecule has 4 nitrogen and oxygen atoms in total. The topological polar surface area (TPSA) is 47.0 Å². The highest BCUT2D eigenvalue weighted by molar-refractivity contribution is 9.10. The van der Waals surface area contributed by atoms with Crippen LogP contribution < -0.4 is 10.1 Å². The quantitative estimate of drug-likeness (QED) is 0.882. The van der Waals surface area contributed by atoms with E-state index in [-0.39, 0.29) is 5.82 Å². The number of anilines is 1. The molecule has 0 aliphatic carbocycles. The van der Waals surface area contributed by atoms with Crippen LogP contribution in [0.3, 0.4) is 0 Å². The molecule has 2 aromatic rings. The Bertz CT molecular complexity index is 607. The molecule has 0 saturated heterocycles. The Morgan fingerprint density at radius 3 is 2.85 bits per heavy atom. The number of hydrogen-bond acceptors (Lipinski definition) is 4. The van der Waals surface area contributed by atoms with Crippen LogP contribution in [-0.2, 0) is 0 Å². The van der Waals surface area contributed by atoms with Crippen molar-refractivity contribution >= 4 is 21.7 Å². The van der Waals surface area contributed by atoms with Gasteiger partial charge in [0.2, 0.25) is 5.88 Å². The third-order valence-electron chi connectivity index (χ3n) is 2.68. The van der Waals surface area contributed by atoms with Crippen LogP contribution in [0.15, 0.2) is 29.0 Å². The minimum atomic E-state index is -0.325. The summed E-state index contributed by atoms with van der Waals surface area (Å²) in [5, 5.41) is 3.21. The van der Waals surface area contributed by atoms with E-state index in [1.165, 1.54) is 18.5 Å². The first-order chi connectivity index (χ1) is 9.61. The number of nitrogens with zero attached hydrogens (tertiary/aromatic N) is 2. The van der Waals surface area contributed by atoms with Crippen LogP contribution in [0, 0.1) is 12.7 Å². The Balaban J connectivity index is 2.24. The van der Waals surface area contributed by atoms with Gasteiger partial charge >= 0.3 is 0 Å².